The molecule has 13 heteroatoms. The zero-order chi connectivity index (χ0) is 30.5. The average Bonchev–Trinajstić information content (AvgIpc) is 3.68. The largest absolute Gasteiger partial charge is 0.387 e. The molecule has 2 aromatic heterocycles. The minimum absolute atomic E-state index is 0.167. The third-order valence-electron chi connectivity index (χ3n) is 7.09. The highest BCUT2D eigenvalue weighted by Gasteiger charge is 2.21. The second-order valence-corrected chi connectivity index (χ2v) is 12.5. The van der Waals surface area contributed by atoms with Gasteiger partial charge in [0.1, 0.15) is 12.2 Å². The summed E-state index contributed by atoms with van der Waals surface area (Å²) in [6, 6.07) is 20.3. The molecule has 224 valence electrons. The Morgan fingerprint density at radius 2 is 1.86 bits per heavy atom. The zero-order valence-electron chi connectivity index (χ0n) is 23.9. The Balaban J connectivity index is 1.15. The van der Waals surface area contributed by atoms with Crippen molar-refractivity contribution in [3.05, 3.63) is 102 Å². The van der Waals surface area contributed by atoms with E-state index in [0.717, 1.165) is 17.5 Å². The number of hydrogen-bond acceptors (Lipinski definition) is 8. The van der Waals surface area contributed by atoms with Gasteiger partial charge in [0.05, 0.1) is 34.9 Å². The third-order valence-corrected chi connectivity index (χ3v) is 8.49. The molecule has 0 fully saturated rings. The number of aromatic amines is 1. The van der Waals surface area contributed by atoms with Crippen LogP contribution >= 0.6 is 0 Å². The predicted molar refractivity (Wildman–Crippen MR) is 163 cm³/mol. The Morgan fingerprint density at radius 3 is 2.63 bits per heavy atom. The first kappa shape index (κ1) is 29.9. The quantitative estimate of drug-likeness (QED) is 0.137. The summed E-state index contributed by atoms with van der Waals surface area (Å²) in [7, 11) is -3.73. The second kappa shape index (κ2) is 12.7. The molecule has 0 aliphatic carbocycles. The maximum Gasteiger partial charge on any atom is 0.261 e. The van der Waals surface area contributed by atoms with Crippen LogP contribution in [0.3, 0.4) is 0 Å². The SMILES string of the molecule is CC(C)(CCn1cnc2cc(C(=O)NCc3ncn[nH]3)ccc21)NC[C@H](O)c1cccc(NS(=O)(=O)c2ccccc2)c1. The number of hydrogen-bond donors (Lipinski definition) is 5. The molecule has 5 N–H and O–H groups in total. The molecule has 3 aromatic carbocycles. The fourth-order valence-corrected chi connectivity index (χ4v) is 5.64. The molecule has 0 unspecified atom stereocenters. The summed E-state index contributed by atoms with van der Waals surface area (Å²) in [6.45, 7) is 5.31. The molecule has 5 aromatic rings. The number of aliphatic hydroxyl groups is 1. The Morgan fingerprint density at radius 1 is 1.05 bits per heavy atom. The van der Waals surface area contributed by atoms with Gasteiger partial charge in [-0.1, -0.05) is 30.3 Å². The molecule has 0 saturated heterocycles. The van der Waals surface area contributed by atoms with Gasteiger partial charge in [0.2, 0.25) is 0 Å². The van der Waals surface area contributed by atoms with E-state index in [4.69, 9.17) is 0 Å². The second-order valence-electron chi connectivity index (χ2n) is 10.8. The molecule has 5 rings (SSSR count). The summed E-state index contributed by atoms with van der Waals surface area (Å²) in [6.07, 6.45) is 3.04. The summed E-state index contributed by atoms with van der Waals surface area (Å²) >= 11 is 0. The maximum atomic E-state index is 12.7. The van der Waals surface area contributed by atoms with Crippen LogP contribution in [0.4, 0.5) is 5.69 Å². The number of aromatic nitrogens is 5. The maximum absolute atomic E-state index is 12.7. The molecule has 0 bridgehead atoms. The highest BCUT2D eigenvalue weighted by atomic mass is 32.2. The highest BCUT2D eigenvalue weighted by molar-refractivity contribution is 7.92. The van der Waals surface area contributed by atoms with Gasteiger partial charge in [-0.2, -0.15) is 5.10 Å². The molecule has 43 heavy (non-hydrogen) atoms. The van der Waals surface area contributed by atoms with Gasteiger partial charge in [-0.15, -0.1) is 0 Å². The van der Waals surface area contributed by atoms with Gasteiger partial charge >= 0.3 is 0 Å². The van der Waals surface area contributed by atoms with Crippen molar-refractivity contribution in [2.45, 2.75) is 49.9 Å². The van der Waals surface area contributed by atoms with E-state index in [2.05, 4.69) is 49.4 Å². The number of aryl methyl sites for hydroxylation is 1. The van der Waals surface area contributed by atoms with Crippen LogP contribution in [0.5, 0.6) is 0 Å². The van der Waals surface area contributed by atoms with Gasteiger partial charge in [0.15, 0.2) is 0 Å². The molecule has 0 aliphatic rings. The number of nitrogens with zero attached hydrogens (tertiary/aromatic N) is 4. The topological polar surface area (TPSA) is 167 Å². The predicted octanol–water partition coefficient (Wildman–Crippen LogP) is 3.38. The lowest BCUT2D eigenvalue weighted by Gasteiger charge is -2.28. The number of imidazole rings is 1. The smallest absolute Gasteiger partial charge is 0.261 e. The Hall–Kier alpha value is -4.59. The van der Waals surface area contributed by atoms with E-state index in [1.54, 1.807) is 60.9 Å². The molecular formula is C30H34N8O4S. The van der Waals surface area contributed by atoms with Crippen LogP contribution in [-0.4, -0.2) is 56.2 Å². The molecule has 2 heterocycles. The number of benzene rings is 3. The van der Waals surface area contributed by atoms with Crippen LogP contribution < -0.4 is 15.4 Å². The van der Waals surface area contributed by atoms with E-state index in [9.17, 15) is 18.3 Å². The number of rotatable bonds is 13. The average molecular weight is 603 g/mol. The van der Waals surface area contributed by atoms with Crippen molar-refractivity contribution < 1.29 is 18.3 Å². The minimum atomic E-state index is -3.73. The Kier molecular flexibility index (Phi) is 8.85. The van der Waals surface area contributed by atoms with Crippen molar-refractivity contribution >= 4 is 32.7 Å². The summed E-state index contributed by atoms with van der Waals surface area (Å²) < 4.78 is 30.0. The van der Waals surface area contributed by atoms with Crippen molar-refractivity contribution in [3.8, 4) is 0 Å². The number of anilines is 1. The molecule has 0 radical (unpaired) electrons. The number of aliphatic hydroxyl groups excluding tert-OH is 1. The van der Waals surface area contributed by atoms with E-state index in [1.165, 1.54) is 18.5 Å². The summed E-state index contributed by atoms with van der Waals surface area (Å²) in [4.78, 5) is 21.2. The lowest BCUT2D eigenvalue weighted by molar-refractivity contribution is 0.0950. The van der Waals surface area contributed by atoms with Gasteiger partial charge in [-0.25, -0.2) is 18.4 Å². The molecule has 0 saturated carbocycles. The number of carbonyl (C=O) groups is 1. The number of H-pyrrole nitrogens is 1. The standard InChI is InChI=1S/C30H34N8O4S/c1-30(2,34-17-27(39)21-7-6-8-23(15-21)37-43(41,42)24-9-4-3-5-10-24)13-14-38-20-33-25-16-22(11-12-26(25)38)29(40)31-18-28-32-19-35-36-28/h3-12,15-16,19-20,27,34,37,39H,13-14,17-18H2,1-2H3,(H,31,40)(H,32,35,36)/t27-/m0/s1. The van der Waals surface area contributed by atoms with E-state index in [0.29, 0.717) is 29.2 Å². The zero-order valence-corrected chi connectivity index (χ0v) is 24.7. The number of carbonyl (C=O) groups excluding carboxylic acids is 1. The number of amides is 1. The van der Waals surface area contributed by atoms with Crippen LogP contribution in [0.2, 0.25) is 0 Å². The Labute approximate surface area is 249 Å². The van der Waals surface area contributed by atoms with Crippen LogP contribution in [0, 0.1) is 0 Å². The first-order valence-electron chi connectivity index (χ1n) is 13.8. The van der Waals surface area contributed by atoms with Crippen molar-refractivity contribution in [2.24, 2.45) is 0 Å². The monoisotopic (exact) mass is 602 g/mol. The van der Waals surface area contributed by atoms with Crippen molar-refractivity contribution in [1.29, 1.82) is 0 Å². The first-order chi connectivity index (χ1) is 20.6. The van der Waals surface area contributed by atoms with Crippen LogP contribution in [0.1, 0.15) is 48.1 Å². The van der Waals surface area contributed by atoms with E-state index in [-0.39, 0.29) is 29.4 Å². The normalized spacial score (nSPS) is 12.7. The lowest BCUT2D eigenvalue weighted by Crippen LogP contribution is -2.42. The van der Waals surface area contributed by atoms with E-state index < -0.39 is 16.1 Å². The molecule has 1 amide bonds. The molecular weight excluding hydrogens is 568 g/mol. The fourth-order valence-electron chi connectivity index (χ4n) is 4.57. The van der Waals surface area contributed by atoms with E-state index in [1.807, 2.05) is 10.6 Å². The van der Waals surface area contributed by atoms with Crippen LogP contribution in [0.15, 0.2) is 90.3 Å². The third kappa shape index (κ3) is 7.63. The van der Waals surface area contributed by atoms with Gasteiger partial charge in [-0.3, -0.25) is 14.6 Å². The molecule has 0 aliphatic heterocycles. The molecule has 0 spiro atoms. The Bertz CT molecular complexity index is 1790. The van der Waals surface area contributed by atoms with Gasteiger partial charge in [0, 0.05) is 29.9 Å². The number of fused-ring (bicyclic) bond motifs is 1. The van der Waals surface area contributed by atoms with Gasteiger partial charge in [0.25, 0.3) is 15.9 Å². The van der Waals surface area contributed by atoms with Crippen molar-refractivity contribution in [3.63, 3.8) is 0 Å². The van der Waals surface area contributed by atoms with Crippen molar-refractivity contribution in [1.82, 2.24) is 35.4 Å². The van der Waals surface area contributed by atoms with Crippen LogP contribution in [-0.2, 0) is 23.1 Å². The molecule has 12 nitrogen and oxygen atoms in total. The lowest BCUT2D eigenvalue weighted by atomic mass is 9.99. The minimum Gasteiger partial charge on any atom is -0.387 e. The van der Waals surface area contributed by atoms with Gasteiger partial charge < -0.3 is 20.3 Å². The number of β-amino-alcohol motifs (C(OH)–C–C–N with tert-alkyl or cyclic N) is 1. The van der Waals surface area contributed by atoms with Crippen LogP contribution in [0.25, 0.3) is 11.0 Å². The highest BCUT2D eigenvalue weighted by Crippen LogP contribution is 2.22. The van der Waals surface area contributed by atoms with Crippen molar-refractivity contribution in [2.75, 3.05) is 11.3 Å². The summed E-state index contributed by atoms with van der Waals surface area (Å²) in [5, 5.41) is 23.6. The summed E-state index contributed by atoms with van der Waals surface area (Å²) in [5.74, 6) is 0.346. The van der Waals surface area contributed by atoms with Gasteiger partial charge in [-0.05, 0) is 68.3 Å². The first-order valence-corrected chi connectivity index (χ1v) is 15.3. The summed E-state index contributed by atoms with van der Waals surface area (Å²) in [5.41, 5.74) is 2.78. The number of nitrogens with one attached hydrogen (secondary N) is 4. The number of sulfonamides is 1. The van der Waals surface area contributed by atoms with E-state index >= 15 is 0 Å². The fraction of sp³-hybridized carbons (Fsp3) is 0.267. The molecule has 1 atom stereocenters.